The first kappa shape index (κ1) is 17.4. The summed E-state index contributed by atoms with van der Waals surface area (Å²) in [6, 6.07) is 8.40. The van der Waals surface area contributed by atoms with Crippen molar-refractivity contribution < 1.29 is 4.52 Å². The first-order chi connectivity index (χ1) is 15.1. The molecule has 5 heterocycles. The number of piperidine rings is 1. The highest BCUT2D eigenvalue weighted by atomic mass is 35.5. The fourth-order valence-corrected chi connectivity index (χ4v) is 5.77. The Kier molecular flexibility index (Phi) is 3.20. The van der Waals surface area contributed by atoms with Gasteiger partial charge in [0, 0.05) is 35.4 Å². The van der Waals surface area contributed by atoms with E-state index in [-0.39, 0.29) is 17.5 Å². The Morgan fingerprint density at radius 3 is 2.90 bits per heavy atom. The van der Waals surface area contributed by atoms with Crippen LogP contribution in [0, 0.1) is 18.8 Å². The van der Waals surface area contributed by atoms with Crippen LogP contribution in [0.25, 0.3) is 10.9 Å². The number of pyridine rings is 1. The molecule has 2 saturated carbocycles. The summed E-state index contributed by atoms with van der Waals surface area (Å²) in [6.07, 6.45) is 4.78. The number of nitrogens with zero attached hydrogens (tertiary/aromatic N) is 6. The molecule has 9 heteroatoms. The zero-order valence-electron chi connectivity index (χ0n) is 16.6. The summed E-state index contributed by atoms with van der Waals surface area (Å²) >= 11 is 6.03. The molecule has 2 saturated heterocycles. The summed E-state index contributed by atoms with van der Waals surface area (Å²) in [5, 5.41) is 5.61. The second-order valence-electron chi connectivity index (χ2n) is 8.68. The van der Waals surface area contributed by atoms with E-state index in [1.54, 1.807) is 12.4 Å². The van der Waals surface area contributed by atoms with Crippen molar-refractivity contribution in [2.75, 3.05) is 11.4 Å². The van der Waals surface area contributed by atoms with Gasteiger partial charge in [-0.05, 0) is 42.7 Å². The minimum Gasteiger partial charge on any atom is -0.367 e. The maximum atomic E-state index is 12.9. The van der Waals surface area contributed by atoms with E-state index in [0.29, 0.717) is 34.7 Å². The van der Waals surface area contributed by atoms with Crippen LogP contribution in [0.15, 0.2) is 52.3 Å². The highest BCUT2D eigenvalue weighted by Crippen LogP contribution is 2.85. The van der Waals surface area contributed by atoms with Gasteiger partial charge in [-0.1, -0.05) is 16.8 Å². The summed E-state index contributed by atoms with van der Waals surface area (Å²) in [7, 11) is 0. The Hall–Kier alpha value is -3.26. The van der Waals surface area contributed by atoms with Crippen LogP contribution in [0.2, 0.25) is 5.02 Å². The second-order valence-corrected chi connectivity index (χ2v) is 9.12. The molecular weight excluding hydrogens is 416 g/mol. The molecule has 4 aromatic rings. The number of fused-ring (bicyclic) bond motifs is 2. The van der Waals surface area contributed by atoms with Crippen molar-refractivity contribution in [2.24, 2.45) is 11.8 Å². The van der Waals surface area contributed by atoms with Crippen molar-refractivity contribution in [1.82, 2.24) is 24.7 Å². The largest absolute Gasteiger partial charge is 0.367 e. The van der Waals surface area contributed by atoms with Crippen LogP contribution in [-0.2, 0) is 12.0 Å². The average Bonchev–Trinajstić information content (AvgIpc) is 3.31. The molecule has 4 atom stereocenters. The molecule has 4 aliphatic rings. The molecule has 2 aliphatic heterocycles. The first-order valence-corrected chi connectivity index (χ1v) is 10.6. The monoisotopic (exact) mass is 432 g/mol. The molecule has 8 rings (SSSR count). The molecule has 0 radical (unpaired) electrons. The van der Waals surface area contributed by atoms with Gasteiger partial charge in [-0.15, -0.1) is 0 Å². The van der Waals surface area contributed by atoms with Crippen molar-refractivity contribution >= 4 is 28.2 Å². The van der Waals surface area contributed by atoms with E-state index < -0.39 is 0 Å². The van der Waals surface area contributed by atoms with Crippen molar-refractivity contribution in [2.45, 2.75) is 24.9 Å². The number of anilines is 1. The predicted octanol–water partition coefficient (Wildman–Crippen LogP) is 2.57. The molecule has 4 fully saturated rings. The van der Waals surface area contributed by atoms with Crippen LogP contribution in [0.3, 0.4) is 0 Å². The lowest BCUT2D eigenvalue weighted by molar-refractivity contribution is 0.362. The molecule has 2 aliphatic carbocycles. The van der Waals surface area contributed by atoms with Gasteiger partial charge >= 0.3 is 0 Å². The number of benzene rings is 1. The SMILES string of the molecule is Cc1cncc2ncn(Cc3nc([C@@]45C6[C@H]4[C@H]5CN6c4ccc(Cl)cc4)no3)c(=O)c12. The van der Waals surface area contributed by atoms with E-state index in [2.05, 4.69) is 37.1 Å². The van der Waals surface area contributed by atoms with Gasteiger partial charge in [0.2, 0.25) is 5.89 Å². The Morgan fingerprint density at radius 2 is 2.10 bits per heavy atom. The fourth-order valence-electron chi connectivity index (χ4n) is 5.64. The van der Waals surface area contributed by atoms with Crippen LogP contribution in [0.4, 0.5) is 5.69 Å². The Labute approximate surface area is 181 Å². The molecule has 31 heavy (non-hydrogen) atoms. The zero-order chi connectivity index (χ0) is 20.9. The maximum absolute atomic E-state index is 12.9. The standard InChI is InChI=1S/C22H17ClN6O2/c1-11-6-24-7-15-17(11)20(30)28(10-25-15)9-16-26-21(27-31-16)22-14-8-29(19(22)18(14)22)13-4-2-12(23)3-5-13/h2-7,10,14,18-19H,8-9H2,1H3/t14-,18-,19?,22-/m1/s1. The molecule has 3 aromatic heterocycles. The third-order valence-corrected chi connectivity index (χ3v) is 7.44. The molecule has 1 aromatic carbocycles. The van der Waals surface area contributed by atoms with Gasteiger partial charge in [0.25, 0.3) is 5.56 Å². The predicted molar refractivity (Wildman–Crippen MR) is 113 cm³/mol. The van der Waals surface area contributed by atoms with Gasteiger partial charge in [0.1, 0.15) is 6.54 Å². The third kappa shape index (κ3) is 2.18. The summed E-state index contributed by atoms with van der Waals surface area (Å²) < 4.78 is 7.05. The molecule has 1 unspecified atom stereocenters. The zero-order valence-corrected chi connectivity index (χ0v) is 17.3. The van der Waals surface area contributed by atoms with Gasteiger partial charge in [-0.3, -0.25) is 14.3 Å². The van der Waals surface area contributed by atoms with Gasteiger partial charge in [-0.2, -0.15) is 4.98 Å². The third-order valence-electron chi connectivity index (χ3n) is 7.18. The van der Waals surface area contributed by atoms with Gasteiger partial charge < -0.3 is 9.42 Å². The van der Waals surface area contributed by atoms with Crippen LogP contribution in [0.5, 0.6) is 0 Å². The molecule has 154 valence electrons. The van der Waals surface area contributed by atoms with E-state index in [4.69, 9.17) is 16.1 Å². The number of rotatable bonds is 4. The Balaban J connectivity index is 1.16. The van der Waals surface area contributed by atoms with Crippen molar-refractivity contribution in [3.63, 3.8) is 0 Å². The van der Waals surface area contributed by atoms with Crippen LogP contribution < -0.4 is 10.5 Å². The highest BCUT2D eigenvalue weighted by Gasteiger charge is 2.95. The van der Waals surface area contributed by atoms with Crippen molar-refractivity contribution in [3.8, 4) is 0 Å². The lowest BCUT2D eigenvalue weighted by atomic mass is 10.1. The average molecular weight is 433 g/mol. The van der Waals surface area contributed by atoms with Crippen molar-refractivity contribution in [3.05, 3.63) is 75.6 Å². The van der Waals surface area contributed by atoms with E-state index in [1.165, 1.54) is 16.6 Å². The number of aryl methyl sites for hydroxylation is 1. The van der Waals surface area contributed by atoms with Crippen molar-refractivity contribution in [1.29, 1.82) is 0 Å². The summed E-state index contributed by atoms with van der Waals surface area (Å²) in [5.74, 6) is 2.35. The summed E-state index contributed by atoms with van der Waals surface area (Å²) in [5.41, 5.74) is 2.45. The molecule has 2 bridgehead atoms. The van der Waals surface area contributed by atoms with Crippen LogP contribution in [0.1, 0.15) is 17.3 Å². The maximum Gasteiger partial charge on any atom is 0.262 e. The van der Waals surface area contributed by atoms with Gasteiger partial charge in [0.05, 0.1) is 28.8 Å². The quantitative estimate of drug-likeness (QED) is 0.489. The summed E-state index contributed by atoms with van der Waals surface area (Å²) in [4.78, 5) is 28.5. The Bertz CT molecular complexity index is 1420. The second kappa shape index (κ2) is 5.70. The van der Waals surface area contributed by atoms with Crippen LogP contribution in [-0.4, -0.2) is 37.3 Å². The van der Waals surface area contributed by atoms with E-state index >= 15 is 0 Å². The van der Waals surface area contributed by atoms with E-state index in [9.17, 15) is 4.79 Å². The van der Waals surface area contributed by atoms with E-state index in [0.717, 1.165) is 23.0 Å². The number of halogens is 1. The minimum atomic E-state index is -0.132. The molecule has 0 spiro atoms. The lowest BCUT2D eigenvalue weighted by Crippen LogP contribution is -2.23. The van der Waals surface area contributed by atoms with Gasteiger partial charge in [-0.25, -0.2) is 4.98 Å². The number of aromatic nitrogens is 5. The summed E-state index contributed by atoms with van der Waals surface area (Å²) in [6.45, 7) is 3.06. The lowest BCUT2D eigenvalue weighted by Gasteiger charge is -2.18. The fraction of sp³-hybridized carbons (Fsp3) is 0.318. The smallest absolute Gasteiger partial charge is 0.262 e. The molecular formula is C22H17ClN6O2. The van der Waals surface area contributed by atoms with Crippen LogP contribution >= 0.6 is 11.6 Å². The number of hydrogen-bond donors (Lipinski definition) is 0. The topological polar surface area (TPSA) is 89.9 Å². The first-order valence-electron chi connectivity index (χ1n) is 10.2. The van der Waals surface area contributed by atoms with Gasteiger partial charge in [0.15, 0.2) is 5.82 Å². The molecule has 8 nitrogen and oxygen atoms in total. The molecule has 0 N–H and O–H groups in total. The normalized spacial score (nSPS) is 27.5. The van der Waals surface area contributed by atoms with E-state index in [1.807, 2.05) is 19.1 Å². The Morgan fingerprint density at radius 1 is 1.26 bits per heavy atom. The number of hydrogen-bond acceptors (Lipinski definition) is 7. The highest BCUT2D eigenvalue weighted by molar-refractivity contribution is 6.30. The molecule has 0 amide bonds. The minimum absolute atomic E-state index is 0.0102.